The van der Waals surface area contributed by atoms with Gasteiger partial charge in [0.2, 0.25) is 0 Å². The fourth-order valence-electron chi connectivity index (χ4n) is 1.87. The molecule has 0 saturated heterocycles. The van der Waals surface area contributed by atoms with Crippen molar-refractivity contribution in [1.29, 1.82) is 0 Å². The van der Waals surface area contributed by atoms with Crippen LogP contribution in [-0.2, 0) is 0 Å². The lowest BCUT2D eigenvalue weighted by Gasteiger charge is -2.11. The molecule has 0 bridgehead atoms. The van der Waals surface area contributed by atoms with Gasteiger partial charge in [0, 0.05) is 0 Å². The third kappa shape index (κ3) is 3.75. The van der Waals surface area contributed by atoms with E-state index in [4.69, 9.17) is 26.9 Å². The summed E-state index contributed by atoms with van der Waals surface area (Å²) in [5, 5.41) is 1.03. The molecule has 2 rings (SSSR count). The smallest absolute Gasteiger partial charge is 0.277 e. The van der Waals surface area contributed by atoms with Gasteiger partial charge in [0.15, 0.2) is 0 Å². The summed E-state index contributed by atoms with van der Waals surface area (Å²) in [6, 6.07) is 16.2. The molecule has 4 heteroatoms. The van der Waals surface area contributed by atoms with Crippen LogP contribution < -0.4 is 9.92 Å². The van der Waals surface area contributed by atoms with Gasteiger partial charge in [-0.15, -0.1) is 22.2 Å². The van der Waals surface area contributed by atoms with Crippen molar-refractivity contribution in [3.05, 3.63) is 48.5 Å². The molecule has 19 heavy (non-hydrogen) atoms. The van der Waals surface area contributed by atoms with Gasteiger partial charge in [0.25, 0.3) is 6.69 Å². The summed E-state index contributed by atoms with van der Waals surface area (Å²) in [6.45, 7) is 2.31. The van der Waals surface area contributed by atoms with Crippen LogP contribution in [0, 0.1) is 0 Å². The van der Waals surface area contributed by atoms with E-state index in [0.717, 1.165) is 22.1 Å². The van der Waals surface area contributed by atoms with Gasteiger partial charge in [-0.1, -0.05) is 36.4 Å². The topological polar surface area (TPSA) is 9.23 Å². The molecule has 0 spiro atoms. The fourth-order valence-corrected chi connectivity index (χ4v) is 3.37. The van der Waals surface area contributed by atoms with Crippen LogP contribution in [0.5, 0.6) is 5.75 Å². The summed E-state index contributed by atoms with van der Waals surface area (Å²) in [5.41, 5.74) is 2.31. The molecular weight excluding hydrogens is 295 g/mol. The molecule has 1 nitrogen and oxygen atoms in total. The normalized spacial score (nSPS) is 11.4. The molecule has 0 radical (unpaired) electrons. The van der Waals surface area contributed by atoms with E-state index in [1.807, 2.05) is 37.7 Å². The minimum atomic E-state index is -2.25. The number of benzene rings is 2. The van der Waals surface area contributed by atoms with Crippen molar-refractivity contribution in [3.8, 4) is 16.9 Å². The maximum atomic E-state index is 6.20. The highest BCUT2D eigenvalue weighted by atomic mass is 35.7. The van der Waals surface area contributed by atoms with Crippen molar-refractivity contribution in [2.45, 2.75) is 13.5 Å². The van der Waals surface area contributed by atoms with Crippen LogP contribution in [0.25, 0.3) is 11.1 Å². The summed E-state index contributed by atoms with van der Waals surface area (Å²) >= 11 is 12.4. The predicted molar refractivity (Wildman–Crippen MR) is 86.0 cm³/mol. The van der Waals surface area contributed by atoms with E-state index >= 15 is 0 Å². The van der Waals surface area contributed by atoms with E-state index < -0.39 is 6.69 Å². The fraction of sp³-hybridized carbons (Fsp3) is 0.200. The maximum Gasteiger partial charge on any atom is 0.277 e. The lowest BCUT2D eigenvalue weighted by molar-refractivity contribution is 0.340. The molecule has 0 amide bonds. The van der Waals surface area contributed by atoms with Gasteiger partial charge < -0.3 is 4.74 Å². The Balaban J connectivity index is 2.22. The maximum absolute atomic E-state index is 6.20. The lowest BCUT2D eigenvalue weighted by atomic mass is 10.1. The van der Waals surface area contributed by atoms with Crippen molar-refractivity contribution in [2.75, 3.05) is 6.61 Å². The summed E-state index contributed by atoms with van der Waals surface area (Å²) in [4.78, 5) is 0. The highest BCUT2D eigenvalue weighted by molar-refractivity contribution is 7.50. The molecule has 0 aliphatic rings. The summed E-state index contributed by atoms with van der Waals surface area (Å²) in [5.74, 6) is 0.893. The van der Waals surface area contributed by atoms with E-state index in [1.54, 1.807) is 0 Å². The highest BCUT2D eigenvalue weighted by Crippen LogP contribution is 2.23. The minimum Gasteiger partial charge on any atom is -0.494 e. The molecule has 2 aromatic rings. The average molecular weight is 311 g/mol. The largest absolute Gasteiger partial charge is 0.494 e. The van der Waals surface area contributed by atoms with E-state index in [0.29, 0.717) is 6.61 Å². The van der Waals surface area contributed by atoms with Gasteiger partial charge in [-0.2, -0.15) is 0 Å². The van der Waals surface area contributed by atoms with Crippen LogP contribution in [0.1, 0.15) is 6.92 Å². The molecule has 0 aromatic heterocycles. The van der Waals surface area contributed by atoms with Crippen LogP contribution in [0.4, 0.5) is 0 Å². The minimum absolute atomic E-state index is 0.683. The molecule has 2 aromatic carbocycles. The zero-order chi connectivity index (χ0) is 13.9. The summed E-state index contributed by atoms with van der Waals surface area (Å²) in [7, 11) is 0. The molecule has 100 valence electrons. The first-order valence-electron chi connectivity index (χ1n) is 6.22. The van der Waals surface area contributed by atoms with Gasteiger partial charge in [0.1, 0.15) is 5.75 Å². The Morgan fingerprint density at radius 1 is 0.895 bits per heavy atom. The molecule has 0 aliphatic heterocycles. The third-order valence-corrected chi connectivity index (χ3v) is 5.55. The Morgan fingerprint density at radius 3 is 1.79 bits per heavy atom. The Bertz CT molecular complexity index is 530. The van der Waals surface area contributed by atoms with Crippen molar-refractivity contribution >= 4 is 34.0 Å². The van der Waals surface area contributed by atoms with Crippen LogP contribution in [-0.4, -0.2) is 13.3 Å². The first kappa shape index (κ1) is 14.4. The van der Waals surface area contributed by atoms with Crippen molar-refractivity contribution in [1.82, 2.24) is 0 Å². The van der Waals surface area contributed by atoms with Crippen molar-refractivity contribution < 1.29 is 4.74 Å². The van der Waals surface area contributed by atoms with Crippen LogP contribution in [0.15, 0.2) is 48.5 Å². The molecular formula is C15H16Cl2OSi. The van der Waals surface area contributed by atoms with Gasteiger partial charge in [0.05, 0.1) is 6.61 Å². The third-order valence-electron chi connectivity index (χ3n) is 2.89. The van der Waals surface area contributed by atoms with Gasteiger partial charge >= 0.3 is 0 Å². The second-order valence-corrected chi connectivity index (χ2v) is 11.9. The molecule has 0 unspecified atom stereocenters. The SMILES string of the molecule is CCOc1ccc(-c2ccc([Si](C)(Cl)Cl)cc2)cc1. The van der Waals surface area contributed by atoms with E-state index in [9.17, 15) is 0 Å². The molecule has 0 heterocycles. The molecule has 0 fully saturated rings. The second-order valence-electron chi connectivity index (χ2n) is 4.42. The van der Waals surface area contributed by atoms with Gasteiger partial charge in [-0.25, -0.2) is 0 Å². The monoisotopic (exact) mass is 310 g/mol. The highest BCUT2D eigenvalue weighted by Gasteiger charge is 2.23. The average Bonchev–Trinajstić information content (AvgIpc) is 2.39. The summed E-state index contributed by atoms with van der Waals surface area (Å²) in [6.07, 6.45) is 0. The number of hydrogen-bond donors (Lipinski definition) is 0. The zero-order valence-corrected chi connectivity index (χ0v) is 13.5. The first-order chi connectivity index (χ1) is 9.00. The Labute approximate surface area is 124 Å². The van der Waals surface area contributed by atoms with Crippen LogP contribution in [0.2, 0.25) is 6.55 Å². The predicted octanol–water partition coefficient (Wildman–Crippen LogP) is 4.51. The Kier molecular flexibility index (Phi) is 4.56. The molecule has 0 aliphatic carbocycles. The van der Waals surface area contributed by atoms with Crippen LogP contribution >= 0.6 is 22.2 Å². The van der Waals surface area contributed by atoms with Crippen LogP contribution in [0.3, 0.4) is 0 Å². The second kappa shape index (κ2) is 5.99. The number of rotatable bonds is 4. The van der Waals surface area contributed by atoms with E-state index in [-0.39, 0.29) is 0 Å². The molecule has 0 N–H and O–H groups in total. The first-order valence-corrected chi connectivity index (χ1v) is 10.7. The van der Waals surface area contributed by atoms with Crippen molar-refractivity contribution in [2.24, 2.45) is 0 Å². The Morgan fingerprint density at radius 2 is 1.37 bits per heavy atom. The van der Waals surface area contributed by atoms with E-state index in [2.05, 4.69) is 24.3 Å². The zero-order valence-electron chi connectivity index (χ0n) is 11.0. The van der Waals surface area contributed by atoms with Gasteiger partial charge in [-0.3, -0.25) is 0 Å². The number of halogens is 2. The van der Waals surface area contributed by atoms with E-state index in [1.165, 1.54) is 0 Å². The standard InChI is InChI=1S/C15H16Cl2OSi/c1-3-18-14-8-4-12(5-9-14)13-6-10-15(11-7-13)19(2,16)17/h4-11H,3H2,1-2H3. The number of ether oxygens (including phenoxy) is 1. The number of hydrogen-bond acceptors (Lipinski definition) is 1. The van der Waals surface area contributed by atoms with Crippen molar-refractivity contribution in [3.63, 3.8) is 0 Å². The molecule has 0 atom stereocenters. The Hall–Kier alpha value is -0.963. The molecule has 0 saturated carbocycles. The summed E-state index contributed by atoms with van der Waals surface area (Å²) < 4.78 is 5.43. The lowest BCUT2D eigenvalue weighted by Crippen LogP contribution is -2.32. The van der Waals surface area contributed by atoms with Gasteiger partial charge in [-0.05, 0) is 41.9 Å². The quantitative estimate of drug-likeness (QED) is 0.596.